The van der Waals surface area contributed by atoms with Crippen molar-refractivity contribution in [3.8, 4) is 12.1 Å². The average Bonchev–Trinajstić information content (AvgIpc) is 2.42. The van der Waals surface area contributed by atoms with Crippen molar-refractivity contribution in [1.29, 1.82) is 10.5 Å². The van der Waals surface area contributed by atoms with Crippen molar-refractivity contribution in [2.24, 2.45) is 10.6 Å². The van der Waals surface area contributed by atoms with Crippen molar-refractivity contribution in [2.45, 2.75) is 58.5 Å². The number of halogens is 3. The molecule has 118 valence electrons. The van der Waals surface area contributed by atoms with E-state index < -0.39 is 24.4 Å². The molecule has 21 heavy (non-hydrogen) atoms. The highest BCUT2D eigenvalue weighted by atomic mass is 19.4. The average molecular weight is 303 g/mol. The van der Waals surface area contributed by atoms with Crippen LogP contribution in [0.5, 0.6) is 0 Å². The lowest BCUT2D eigenvalue weighted by Crippen LogP contribution is -2.23. The SMILES string of the molecule is CCCCCON=C(C)CC(C#N)(C#N)CCC(F)(F)F. The van der Waals surface area contributed by atoms with E-state index in [0.29, 0.717) is 12.3 Å². The molecule has 0 heterocycles. The van der Waals surface area contributed by atoms with E-state index in [-0.39, 0.29) is 6.42 Å². The van der Waals surface area contributed by atoms with Crippen LogP contribution >= 0.6 is 0 Å². The Bertz CT molecular complexity index is 405. The predicted octanol–water partition coefficient (Wildman–Crippen LogP) is 4.34. The monoisotopic (exact) mass is 303 g/mol. The van der Waals surface area contributed by atoms with E-state index in [2.05, 4.69) is 5.16 Å². The highest BCUT2D eigenvalue weighted by Crippen LogP contribution is 2.33. The summed E-state index contributed by atoms with van der Waals surface area (Å²) in [5.41, 5.74) is -1.37. The third-order valence-corrected chi connectivity index (χ3v) is 2.88. The first-order chi connectivity index (χ1) is 9.78. The summed E-state index contributed by atoms with van der Waals surface area (Å²) in [6.07, 6.45) is -3.39. The van der Waals surface area contributed by atoms with Gasteiger partial charge in [0, 0.05) is 12.8 Å². The fourth-order valence-electron chi connectivity index (χ4n) is 1.70. The standard InChI is InChI=1S/C14H20F3N3O/c1-3-4-5-8-21-20-12(2)9-13(10-18,11-19)6-7-14(15,16)17/h3-9H2,1-2H3. The zero-order valence-corrected chi connectivity index (χ0v) is 12.3. The molecule has 0 atom stereocenters. The molecule has 7 heteroatoms. The molecule has 0 aromatic heterocycles. The molecule has 0 spiro atoms. The topological polar surface area (TPSA) is 69.2 Å². The van der Waals surface area contributed by atoms with Crippen LogP contribution in [-0.2, 0) is 4.84 Å². The van der Waals surface area contributed by atoms with Crippen molar-refractivity contribution in [3.05, 3.63) is 0 Å². The second-order valence-corrected chi connectivity index (χ2v) is 4.96. The molecule has 0 rings (SSSR count). The molecular formula is C14H20F3N3O. The Kier molecular flexibility index (Phi) is 8.45. The molecule has 0 amide bonds. The zero-order chi connectivity index (χ0) is 16.4. The van der Waals surface area contributed by atoms with E-state index >= 15 is 0 Å². The minimum absolute atomic E-state index is 0.149. The van der Waals surface area contributed by atoms with Gasteiger partial charge in [-0.3, -0.25) is 0 Å². The summed E-state index contributed by atoms with van der Waals surface area (Å²) in [6.45, 7) is 4.00. The quantitative estimate of drug-likeness (QED) is 0.361. The van der Waals surface area contributed by atoms with Gasteiger partial charge in [-0.15, -0.1) is 0 Å². The zero-order valence-electron chi connectivity index (χ0n) is 12.3. The van der Waals surface area contributed by atoms with E-state index in [0.717, 1.165) is 19.3 Å². The summed E-state index contributed by atoms with van der Waals surface area (Å²) < 4.78 is 36.7. The number of oxime groups is 1. The lowest BCUT2D eigenvalue weighted by molar-refractivity contribution is -0.138. The Balaban J connectivity index is 4.52. The largest absolute Gasteiger partial charge is 0.396 e. The molecule has 0 bridgehead atoms. The van der Waals surface area contributed by atoms with Gasteiger partial charge in [-0.1, -0.05) is 24.9 Å². The minimum Gasteiger partial charge on any atom is -0.396 e. The molecule has 0 saturated heterocycles. The van der Waals surface area contributed by atoms with Crippen LogP contribution in [0.1, 0.15) is 52.4 Å². The number of nitrogens with zero attached hydrogens (tertiary/aromatic N) is 3. The van der Waals surface area contributed by atoms with Crippen LogP contribution in [0.3, 0.4) is 0 Å². The fourth-order valence-corrected chi connectivity index (χ4v) is 1.70. The van der Waals surface area contributed by atoms with Crippen LogP contribution in [0.25, 0.3) is 0 Å². The molecule has 0 N–H and O–H groups in total. The second kappa shape index (κ2) is 9.23. The summed E-state index contributed by atoms with van der Waals surface area (Å²) in [5.74, 6) is 0. The van der Waals surface area contributed by atoms with E-state index in [1.165, 1.54) is 6.92 Å². The van der Waals surface area contributed by atoms with Gasteiger partial charge in [-0.25, -0.2) is 0 Å². The molecule has 0 unspecified atom stereocenters. The number of rotatable bonds is 9. The van der Waals surface area contributed by atoms with Gasteiger partial charge in [0.1, 0.15) is 12.0 Å². The van der Waals surface area contributed by atoms with Crippen molar-refractivity contribution in [3.63, 3.8) is 0 Å². The van der Waals surface area contributed by atoms with Gasteiger partial charge in [0.2, 0.25) is 0 Å². The van der Waals surface area contributed by atoms with Crippen LogP contribution in [0.15, 0.2) is 5.16 Å². The first-order valence-electron chi connectivity index (χ1n) is 6.83. The van der Waals surface area contributed by atoms with Gasteiger partial charge in [-0.05, 0) is 19.8 Å². The predicted molar refractivity (Wildman–Crippen MR) is 72.2 cm³/mol. The first kappa shape index (κ1) is 19.2. The Morgan fingerprint density at radius 3 is 2.24 bits per heavy atom. The number of hydrogen-bond donors (Lipinski definition) is 0. The molecule has 0 aliphatic carbocycles. The van der Waals surface area contributed by atoms with Crippen molar-refractivity contribution in [1.82, 2.24) is 0 Å². The van der Waals surface area contributed by atoms with Crippen LogP contribution in [0, 0.1) is 28.1 Å². The van der Waals surface area contributed by atoms with Crippen molar-refractivity contribution >= 4 is 5.71 Å². The molecule has 0 radical (unpaired) electrons. The molecular weight excluding hydrogens is 283 g/mol. The number of alkyl halides is 3. The Morgan fingerprint density at radius 1 is 1.14 bits per heavy atom. The van der Waals surface area contributed by atoms with Gasteiger partial charge in [-0.2, -0.15) is 23.7 Å². The van der Waals surface area contributed by atoms with Crippen LogP contribution in [0.2, 0.25) is 0 Å². The van der Waals surface area contributed by atoms with E-state index in [1.807, 2.05) is 6.92 Å². The fraction of sp³-hybridized carbons (Fsp3) is 0.786. The lowest BCUT2D eigenvalue weighted by Gasteiger charge is -2.18. The van der Waals surface area contributed by atoms with E-state index in [4.69, 9.17) is 15.4 Å². The molecule has 4 nitrogen and oxygen atoms in total. The number of nitriles is 2. The van der Waals surface area contributed by atoms with E-state index in [9.17, 15) is 13.2 Å². The summed E-state index contributed by atoms with van der Waals surface area (Å²) >= 11 is 0. The van der Waals surface area contributed by atoms with Gasteiger partial charge in [0.15, 0.2) is 0 Å². The van der Waals surface area contributed by atoms with Gasteiger partial charge >= 0.3 is 6.18 Å². The second-order valence-electron chi connectivity index (χ2n) is 4.96. The smallest absolute Gasteiger partial charge is 0.389 e. The maximum Gasteiger partial charge on any atom is 0.389 e. The highest BCUT2D eigenvalue weighted by Gasteiger charge is 2.37. The van der Waals surface area contributed by atoms with Gasteiger partial charge in [0.05, 0.1) is 17.9 Å². The third-order valence-electron chi connectivity index (χ3n) is 2.88. The molecule has 0 aliphatic rings. The third kappa shape index (κ3) is 8.91. The molecule has 0 saturated carbocycles. The van der Waals surface area contributed by atoms with Gasteiger partial charge < -0.3 is 4.84 Å². The molecule has 0 aromatic rings. The van der Waals surface area contributed by atoms with Crippen molar-refractivity contribution < 1.29 is 18.0 Å². The number of hydrogen-bond acceptors (Lipinski definition) is 4. The van der Waals surface area contributed by atoms with E-state index in [1.54, 1.807) is 12.1 Å². The maximum atomic E-state index is 12.2. The first-order valence-corrected chi connectivity index (χ1v) is 6.83. The summed E-state index contributed by atoms with van der Waals surface area (Å²) in [7, 11) is 0. The van der Waals surface area contributed by atoms with Crippen LogP contribution in [0.4, 0.5) is 13.2 Å². The van der Waals surface area contributed by atoms with Gasteiger partial charge in [0.25, 0.3) is 0 Å². The Labute approximate surface area is 123 Å². The summed E-state index contributed by atoms with van der Waals surface area (Å²) in [4.78, 5) is 5.02. The Morgan fingerprint density at radius 2 is 1.76 bits per heavy atom. The van der Waals surface area contributed by atoms with Crippen LogP contribution in [-0.4, -0.2) is 18.5 Å². The molecule has 0 aliphatic heterocycles. The molecule has 0 fully saturated rings. The summed E-state index contributed by atoms with van der Waals surface area (Å²) in [6, 6.07) is 3.36. The maximum absolute atomic E-state index is 12.2. The normalized spacial score (nSPS) is 12.6. The number of unbranched alkanes of at least 4 members (excludes halogenated alkanes) is 2. The summed E-state index contributed by atoms with van der Waals surface area (Å²) in [5, 5.41) is 21.8. The lowest BCUT2D eigenvalue weighted by atomic mass is 9.81. The Hall–Kier alpha value is -1.76. The highest BCUT2D eigenvalue weighted by molar-refractivity contribution is 5.82. The molecule has 0 aromatic carbocycles. The van der Waals surface area contributed by atoms with Crippen molar-refractivity contribution in [2.75, 3.05) is 6.61 Å². The minimum atomic E-state index is -4.39. The van der Waals surface area contributed by atoms with Crippen LogP contribution < -0.4 is 0 Å².